The lowest BCUT2D eigenvalue weighted by Crippen LogP contribution is -2.42. The Morgan fingerprint density at radius 3 is 2.43 bits per heavy atom. The predicted octanol–water partition coefficient (Wildman–Crippen LogP) is 3.29. The smallest absolute Gasteiger partial charge is 0.325 e. The van der Waals surface area contributed by atoms with Gasteiger partial charge in [-0.2, -0.15) is 0 Å². The Morgan fingerprint density at radius 2 is 1.75 bits per heavy atom. The number of rotatable bonds is 5. The molecule has 6 nitrogen and oxygen atoms in total. The van der Waals surface area contributed by atoms with E-state index in [9.17, 15) is 14.4 Å². The van der Waals surface area contributed by atoms with Gasteiger partial charge in [-0.25, -0.2) is 0 Å². The normalized spacial score (nSPS) is 19.2. The van der Waals surface area contributed by atoms with Gasteiger partial charge in [0.15, 0.2) is 0 Å². The quantitative estimate of drug-likeness (QED) is 0.810. The van der Waals surface area contributed by atoms with Crippen molar-refractivity contribution in [3.05, 3.63) is 33.2 Å². The number of hydrogen-bond donors (Lipinski definition) is 2. The highest BCUT2D eigenvalue weighted by molar-refractivity contribution is 5.96. The molecule has 0 aromatic carbocycles. The lowest BCUT2D eigenvalue weighted by Gasteiger charge is -2.26. The second-order valence-corrected chi connectivity index (χ2v) is 8.40. The van der Waals surface area contributed by atoms with Crippen LogP contribution in [-0.2, 0) is 24.2 Å². The highest BCUT2D eigenvalue weighted by Crippen LogP contribution is 2.27. The van der Waals surface area contributed by atoms with Gasteiger partial charge in [-0.1, -0.05) is 32.1 Å². The van der Waals surface area contributed by atoms with Gasteiger partial charge in [0.05, 0.1) is 0 Å². The van der Waals surface area contributed by atoms with Crippen LogP contribution in [0, 0.1) is 5.92 Å². The molecule has 154 valence electrons. The minimum Gasteiger partial charge on any atom is -0.480 e. The average Bonchev–Trinajstić information content (AvgIpc) is 2.65. The van der Waals surface area contributed by atoms with Gasteiger partial charge >= 0.3 is 5.97 Å². The maximum absolute atomic E-state index is 13.3. The van der Waals surface area contributed by atoms with Crippen molar-refractivity contribution < 1.29 is 14.7 Å². The lowest BCUT2D eigenvalue weighted by atomic mass is 9.88. The molecule has 0 spiro atoms. The number of fused-ring (bicyclic) bond motifs is 1. The molecule has 2 N–H and O–H groups in total. The third-order valence-electron chi connectivity index (χ3n) is 6.23. The summed E-state index contributed by atoms with van der Waals surface area (Å²) in [7, 11) is 0. The van der Waals surface area contributed by atoms with E-state index in [-0.39, 0.29) is 11.1 Å². The van der Waals surface area contributed by atoms with E-state index in [1.54, 1.807) is 6.07 Å². The van der Waals surface area contributed by atoms with Crippen LogP contribution >= 0.6 is 0 Å². The molecule has 1 atom stereocenters. The molecule has 0 saturated heterocycles. The second-order valence-electron chi connectivity index (χ2n) is 8.40. The van der Waals surface area contributed by atoms with Crippen molar-refractivity contribution in [1.29, 1.82) is 0 Å². The number of nitrogens with zero attached hydrogens (tertiary/aromatic N) is 1. The van der Waals surface area contributed by atoms with Crippen molar-refractivity contribution in [2.75, 3.05) is 0 Å². The zero-order chi connectivity index (χ0) is 20.1. The van der Waals surface area contributed by atoms with Crippen LogP contribution in [0.2, 0.25) is 0 Å². The maximum Gasteiger partial charge on any atom is 0.325 e. The molecule has 0 unspecified atom stereocenters. The SMILES string of the molecule is C[C@@H](NC(=O)c1cc2c(n(CC3CCCCC3)c1=O)CCCCCC2)C(=O)O. The first-order valence-electron chi connectivity index (χ1n) is 10.8. The highest BCUT2D eigenvalue weighted by Gasteiger charge is 2.24. The van der Waals surface area contributed by atoms with E-state index >= 15 is 0 Å². The molecule has 0 radical (unpaired) electrons. The predicted molar refractivity (Wildman–Crippen MR) is 108 cm³/mol. The Bertz CT molecular complexity index is 777. The zero-order valence-corrected chi connectivity index (χ0v) is 16.8. The number of carbonyl (C=O) groups is 2. The summed E-state index contributed by atoms with van der Waals surface area (Å²) in [5, 5.41) is 11.5. The number of aliphatic carboxylic acids is 1. The molecule has 6 heteroatoms. The number of pyridine rings is 1. The van der Waals surface area contributed by atoms with E-state index < -0.39 is 17.9 Å². The Hall–Kier alpha value is -2.11. The number of carboxylic acids is 1. The molecule has 1 amide bonds. The number of amides is 1. The number of aromatic nitrogens is 1. The van der Waals surface area contributed by atoms with Gasteiger partial charge in [-0.05, 0) is 63.0 Å². The molecule has 1 fully saturated rings. The number of carbonyl (C=O) groups excluding carboxylic acids is 1. The molecule has 0 aliphatic heterocycles. The van der Waals surface area contributed by atoms with E-state index in [0.717, 1.165) is 49.8 Å². The first kappa shape index (κ1) is 20.6. The van der Waals surface area contributed by atoms with Crippen molar-refractivity contribution in [1.82, 2.24) is 9.88 Å². The number of aryl methyl sites for hydroxylation is 1. The van der Waals surface area contributed by atoms with Gasteiger partial charge < -0.3 is 15.0 Å². The summed E-state index contributed by atoms with van der Waals surface area (Å²) in [6, 6.07) is 0.699. The summed E-state index contributed by atoms with van der Waals surface area (Å²) in [5.74, 6) is -1.21. The summed E-state index contributed by atoms with van der Waals surface area (Å²) in [5.41, 5.74) is 2.00. The van der Waals surface area contributed by atoms with Crippen LogP contribution in [0.4, 0.5) is 0 Å². The fourth-order valence-corrected chi connectivity index (χ4v) is 4.55. The molecule has 1 aromatic heterocycles. The van der Waals surface area contributed by atoms with E-state index in [1.165, 1.54) is 39.0 Å². The third-order valence-corrected chi connectivity index (χ3v) is 6.23. The van der Waals surface area contributed by atoms with Gasteiger partial charge in [0.25, 0.3) is 11.5 Å². The van der Waals surface area contributed by atoms with Crippen LogP contribution in [0.15, 0.2) is 10.9 Å². The Kier molecular flexibility index (Phi) is 6.92. The van der Waals surface area contributed by atoms with Crippen LogP contribution in [0.3, 0.4) is 0 Å². The van der Waals surface area contributed by atoms with E-state index in [4.69, 9.17) is 5.11 Å². The van der Waals surface area contributed by atoms with E-state index in [1.807, 2.05) is 4.57 Å². The van der Waals surface area contributed by atoms with Crippen LogP contribution in [-0.4, -0.2) is 27.6 Å². The van der Waals surface area contributed by atoms with Crippen molar-refractivity contribution in [3.8, 4) is 0 Å². The highest BCUT2D eigenvalue weighted by atomic mass is 16.4. The van der Waals surface area contributed by atoms with Crippen LogP contribution in [0.1, 0.15) is 86.3 Å². The van der Waals surface area contributed by atoms with Gasteiger partial charge in [0, 0.05) is 12.2 Å². The molecular formula is C22H32N2O4. The molecule has 1 aromatic rings. The molecule has 3 rings (SSSR count). The van der Waals surface area contributed by atoms with Gasteiger partial charge in [0.1, 0.15) is 11.6 Å². The minimum absolute atomic E-state index is 0.0863. The van der Waals surface area contributed by atoms with E-state index in [0.29, 0.717) is 12.5 Å². The Labute approximate surface area is 166 Å². The molecular weight excluding hydrogens is 356 g/mol. The zero-order valence-electron chi connectivity index (χ0n) is 16.8. The maximum atomic E-state index is 13.3. The molecule has 1 saturated carbocycles. The molecule has 1 heterocycles. The summed E-state index contributed by atoms with van der Waals surface area (Å²) >= 11 is 0. The largest absolute Gasteiger partial charge is 0.480 e. The third kappa shape index (κ3) is 4.83. The first-order valence-corrected chi connectivity index (χ1v) is 10.8. The minimum atomic E-state index is -1.11. The average molecular weight is 389 g/mol. The molecule has 28 heavy (non-hydrogen) atoms. The summed E-state index contributed by atoms with van der Waals surface area (Å²) < 4.78 is 1.86. The van der Waals surface area contributed by atoms with Crippen LogP contribution < -0.4 is 10.9 Å². The van der Waals surface area contributed by atoms with E-state index in [2.05, 4.69) is 5.32 Å². The van der Waals surface area contributed by atoms with Gasteiger partial charge in [-0.3, -0.25) is 14.4 Å². The summed E-state index contributed by atoms with van der Waals surface area (Å²) in [4.78, 5) is 37.0. The summed E-state index contributed by atoms with van der Waals surface area (Å²) in [6.07, 6.45) is 12.2. The topological polar surface area (TPSA) is 88.4 Å². The molecule has 0 bridgehead atoms. The van der Waals surface area contributed by atoms with Gasteiger partial charge in [-0.15, -0.1) is 0 Å². The molecule has 2 aliphatic rings. The van der Waals surface area contributed by atoms with Crippen molar-refractivity contribution >= 4 is 11.9 Å². The van der Waals surface area contributed by atoms with Crippen LogP contribution in [0.5, 0.6) is 0 Å². The monoisotopic (exact) mass is 388 g/mol. The first-order chi connectivity index (χ1) is 13.5. The van der Waals surface area contributed by atoms with Crippen molar-refractivity contribution in [2.45, 2.75) is 90.1 Å². The van der Waals surface area contributed by atoms with Crippen molar-refractivity contribution in [2.24, 2.45) is 5.92 Å². The Morgan fingerprint density at radius 1 is 1.11 bits per heavy atom. The summed E-state index contributed by atoms with van der Waals surface area (Å²) in [6.45, 7) is 2.09. The number of hydrogen-bond acceptors (Lipinski definition) is 3. The molecule has 2 aliphatic carbocycles. The van der Waals surface area contributed by atoms with Crippen molar-refractivity contribution in [3.63, 3.8) is 0 Å². The lowest BCUT2D eigenvalue weighted by molar-refractivity contribution is -0.138. The fourth-order valence-electron chi connectivity index (χ4n) is 4.55. The van der Waals surface area contributed by atoms with Crippen LogP contribution in [0.25, 0.3) is 0 Å². The fraction of sp³-hybridized carbons (Fsp3) is 0.682. The standard InChI is InChI=1S/C22H32N2O4/c1-15(22(27)28)23-20(25)18-13-17-11-7-2-3-8-12-19(17)24(21(18)26)14-16-9-5-4-6-10-16/h13,15-16H,2-12,14H2,1H3,(H,23,25)(H,27,28)/t15-/m1/s1. The number of carboxylic acid groups (broad SMARTS) is 1. The second kappa shape index (κ2) is 9.39. The Balaban J connectivity index is 1.98. The number of nitrogens with one attached hydrogen (secondary N) is 1. The van der Waals surface area contributed by atoms with Gasteiger partial charge in [0.2, 0.25) is 0 Å².